The number of aliphatic hydroxyl groups is 1. The zero-order chi connectivity index (χ0) is 17.2. The van der Waals surface area contributed by atoms with Gasteiger partial charge in [0.15, 0.2) is 9.84 Å². The van der Waals surface area contributed by atoms with Crippen molar-refractivity contribution in [3.8, 4) is 5.75 Å². The SMILES string of the molecule is CS(=O)(=O)c1ccc([C@@H](O)CN[C@H]2CCOc3ccccc32)cc1. The van der Waals surface area contributed by atoms with Crippen molar-refractivity contribution in [1.29, 1.82) is 0 Å². The van der Waals surface area contributed by atoms with Crippen molar-refractivity contribution in [2.75, 3.05) is 19.4 Å². The third-order valence-electron chi connectivity index (χ3n) is 4.21. The van der Waals surface area contributed by atoms with Crippen LogP contribution in [0.5, 0.6) is 5.75 Å². The smallest absolute Gasteiger partial charge is 0.175 e. The Kier molecular flexibility index (Phi) is 4.89. The number of hydrogen-bond acceptors (Lipinski definition) is 5. The third-order valence-corrected chi connectivity index (χ3v) is 5.34. The van der Waals surface area contributed by atoms with E-state index in [2.05, 4.69) is 5.32 Å². The number of hydrogen-bond donors (Lipinski definition) is 2. The van der Waals surface area contributed by atoms with Gasteiger partial charge in [0.2, 0.25) is 0 Å². The third kappa shape index (κ3) is 3.77. The van der Waals surface area contributed by atoms with E-state index in [-0.39, 0.29) is 10.9 Å². The van der Waals surface area contributed by atoms with E-state index in [1.807, 2.05) is 24.3 Å². The highest BCUT2D eigenvalue weighted by molar-refractivity contribution is 7.90. The van der Waals surface area contributed by atoms with Gasteiger partial charge in [-0.15, -0.1) is 0 Å². The number of para-hydroxylation sites is 1. The maximum atomic E-state index is 11.5. The van der Waals surface area contributed by atoms with Gasteiger partial charge in [-0.05, 0) is 23.8 Å². The lowest BCUT2D eigenvalue weighted by Crippen LogP contribution is -2.30. The predicted molar refractivity (Wildman–Crippen MR) is 91.8 cm³/mol. The van der Waals surface area contributed by atoms with E-state index in [0.29, 0.717) is 18.7 Å². The van der Waals surface area contributed by atoms with Crippen LogP contribution in [0.2, 0.25) is 0 Å². The molecule has 6 heteroatoms. The van der Waals surface area contributed by atoms with Crippen LogP contribution in [0.3, 0.4) is 0 Å². The van der Waals surface area contributed by atoms with Crippen molar-refractivity contribution in [2.45, 2.75) is 23.5 Å². The molecule has 0 saturated carbocycles. The van der Waals surface area contributed by atoms with Crippen molar-refractivity contribution in [2.24, 2.45) is 0 Å². The standard InChI is InChI=1S/C18H21NO4S/c1-24(21,22)14-8-6-13(7-9-14)17(20)12-19-16-10-11-23-18-5-3-2-4-15(16)18/h2-9,16-17,19-20H,10-12H2,1H3/t16-,17-/m0/s1. The number of fused-ring (bicyclic) bond motifs is 1. The lowest BCUT2D eigenvalue weighted by Gasteiger charge is -2.27. The van der Waals surface area contributed by atoms with Crippen LogP contribution < -0.4 is 10.1 Å². The van der Waals surface area contributed by atoms with Crippen molar-refractivity contribution >= 4 is 9.84 Å². The molecule has 2 aromatic carbocycles. The molecule has 128 valence electrons. The van der Waals surface area contributed by atoms with E-state index in [9.17, 15) is 13.5 Å². The van der Waals surface area contributed by atoms with Crippen molar-refractivity contribution in [1.82, 2.24) is 5.32 Å². The Morgan fingerprint density at radius 3 is 2.62 bits per heavy atom. The monoisotopic (exact) mass is 347 g/mol. The summed E-state index contributed by atoms with van der Waals surface area (Å²) in [5.41, 5.74) is 1.79. The Hall–Kier alpha value is -1.89. The Morgan fingerprint density at radius 2 is 1.92 bits per heavy atom. The van der Waals surface area contributed by atoms with Gasteiger partial charge < -0.3 is 15.2 Å². The predicted octanol–water partition coefficient (Wildman–Crippen LogP) is 2.24. The number of ether oxygens (including phenoxy) is 1. The van der Waals surface area contributed by atoms with E-state index in [0.717, 1.165) is 17.7 Å². The molecule has 0 bridgehead atoms. The van der Waals surface area contributed by atoms with Crippen molar-refractivity contribution in [3.05, 3.63) is 59.7 Å². The van der Waals surface area contributed by atoms with Gasteiger partial charge in [0.1, 0.15) is 5.75 Å². The zero-order valence-corrected chi connectivity index (χ0v) is 14.3. The summed E-state index contributed by atoms with van der Waals surface area (Å²) >= 11 is 0. The molecule has 0 saturated heterocycles. The second kappa shape index (κ2) is 6.93. The van der Waals surface area contributed by atoms with Crippen LogP contribution in [0.1, 0.15) is 29.7 Å². The first-order valence-electron chi connectivity index (χ1n) is 7.88. The van der Waals surface area contributed by atoms with Crippen LogP contribution in [0.25, 0.3) is 0 Å². The summed E-state index contributed by atoms with van der Waals surface area (Å²) < 4.78 is 28.6. The fraction of sp³-hybridized carbons (Fsp3) is 0.333. The molecule has 1 aliphatic rings. The van der Waals surface area contributed by atoms with E-state index in [1.54, 1.807) is 12.1 Å². The fourth-order valence-corrected chi connectivity index (χ4v) is 3.49. The highest BCUT2D eigenvalue weighted by Gasteiger charge is 2.21. The number of sulfone groups is 1. The number of rotatable bonds is 5. The van der Waals surface area contributed by atoms with Crippen molar-refractivity contribution < 1.29 is 18.3 Å². The molecule has 2 aromatic rings. The Labute approximate surface area is 142 Å². The first-order valence-corrected chi connectivity index (χ1v) is 9.77. The van der Waals surface area contributed by atoms with Gasteiger partial charge in [-0.25, -0.2) is 8.42 Å². The van der Waals surface area contributed by atoms with Crippen LogP contribution in [0.4, 0.5) is 0 Å². The summed E-state index contributed by atoms with van der Waals surface area (Å²) in [5, 5.41) is 13.7. The second-order valence-electron chi connectivity index (χ2n) is 5.99. The van der Waals surface area contributed by atoms with Crippen LogP contribution in [0.15, 0.2) is 53.4 Å². The minimum Gasteiger partial charge on any atom is -0.493 e. The summed E-state index contributed by atoms with van der Waals surface area (Å²) in [5.74, 6) is 0.883. The van der Waals surface area contributed by atoms with E-state index in [1.165, 1.54) is 18.4 Å². The minimum atomic E-state index is -3.22. The normalized spacial score (nSPS) is 18.5. The molecule has 2 N–H and O–H groups in total. The number of nitrogens with one attached hydrogen (secondary N) is 1. The van der Waals surface area contributed by atoms with E-state index in [4.69, 9.17) is 4.74 Å². The molecule has 0 unspecified atom stereocenters. The molecule has 0 amide bonds. The highest BCUT2D eigenvalue weighted by Crippen LogP contribution is 2.31. The topological polar surface area (TPSA) is 75.6 Å². The first-order chi connectivity index (χ1) is 11.4. The molecule has 1 aliphatic heterocycles. The van der Waals surface area contributed by atoms with Gasteiger partial charge in [0.05, 0.1) is 17.6 Å². The first kappa shape index (κ1) is 17.0. The van der Waals surface area contributed by atoms with Gasteiger partial charge in [-0.1, -0.05) is 30.3 Å². The average molecular weight is 347 g/mol. The molecule has 3 rings (SSSR count). The summed E-state index contributed by atoms with van der Waals surface area (Å²) in [6, 6.07) is 14.4. The summed E-state index contributed by atoms with van der Waals surface area (Å²) in [6.07, 6.45) is 1.31. The molecular formula is C18H21NO4S. The average Bonchev–Trinajstić information content (AvgIpc) is 2.59. The van der Waals surface area contributed by atoms with Gasteiger partial charge in [-0.2, -0.15) is 0 Å². The molecular weight excluding hydrogens is 326 g/mol. The number of aliphatic hydroxyl groups excluding tert-OH is 1. The zero-order valence-electron chi connectivity index (χ0n) is 13.5. The Balaban J connectivity index is 1.65. The Bertz CT molecular complexity index is 802. The molecule has 24 heavy (non-hydrogen) atoms. The summed E-state index contributed by atoms with van der Waals surface area (Å²) in [6.45, 7) is 1.03. The van der Waals surface area contributed by atoms with Crippen LogP contribution in [-0.2, 0) is 9.84 Å². The maximum Gasteiger partial charge on any atom is 0.175 e. The molecule has 0 radical (unpaired) electrons. The second-order valence-corrected chi connectivity index (χ2v) is 8.01. The quantitative estimate of drug-likeness (QED) is 0.867. The van der Waals surface area contributed by atoms with Gasteiger partial charge in [-0.3, -0.25) is 0 Å². The molecule has 5 nitrogen and oxygen atoms in total. The molecule has 0 aromatic heterocycles. The lowest BCUT2D eigenvalue weighted by atomic mass is 10.00. The Morgan fingerprint density at radius 1 is 1.21 bits per heavy atom. The molecule has 0 fully saturated rings. The summed E-state index contributed by atoms with van der Waals surface area (Å²) in [7, 11) is -3.22. The fourth-order valence-electron chi connectivity index (χ4n) is 2.86. The van der Waals surface area contributed by atoms with E-state index >= 15 is 0 Å². The highest BCUT2D eigenvalue weighted by atomic mass is 32.2. The molecule has 2 atom stereocenters. The minimum absolute atomic E-state index is 0.139. The van der Waals surface area contributed by atoms with Crippen LogP contribution >= 0.6 is 0 Å². The lowest BCUT2D eigenvalue weighted by molar-refractivity contribution is 0.162. The molecule has 0 aliphatic carbocycles. The van der Waals surface area contributed by atoms with Crippen molar-refractivity contribution in [3.63, 3.8) is 0 Å². The maximum absolute atomic E-state index is 11.5. The van der Waals surface area contributed by atoms with Gasteiger partial charge in [0.25, 0.3) is 0 Å². The molecule has 1 heterocycles. The van der Waals surface area contributed by atoms with Crippen LogP contribution in [-0.4, -0.2) is 32.9 Å². The summed E-state index contributed by atoms with van der Waals surface area (Å²) in [4.78, 5) is 0.254. The largest absolute Gasteiger partial charge is 0.493 e. The van der Waals surface area contributed by atoms with Gasteiger partial charge >= 0.3 is 0 Å². The van der Waals surface area contributed by atoms with Crippen LogP contribution in [0, 0.1) is 0 Å². The number of benzene rings is 2. The molecule has 0 spiro atoms. The van der Waals surface area contributed by atoms with E-state index < -0.39 is 15.9 Å². The van der Waals surface area contributed by atoms with Gasteiger partial charge in [0, 0.05) is 30.8 Å².